The largest absolute Gasteiger partial charge is 0.497 e. The Morgan fingerprint density at radius 3 is 2.86 bits per heavy atom. The Labute approximate surface area is 127 Å². The van der Waals surface area contributed by atoms with Crippen LogP contribution in [0.3, 0.4) is 0 Å². The number of amides is 1. The summed E-state index contributed by atoms with van der Waals surface area (Å²) in [5, 5.41) is 6.43. The van der Waals surface area contributed by atoms with E-state index in [0.717, 1.165) is 38.2 Å². The molecule has 1 aliphatic rings. The average Bonchev–Trinajstić information content (AvgIpc) is 2.54. The van der Waals surface area contributed by atoms with Crippen molar-refractivity contribution >= 4 is 5.91 Å². The summed E-state index contributed by atoms with van der Waals surface area (Å²) in [5.41, 5.74) is 1.25. The van der Waals surface area contributed by atoms with Crippen LogP contribution in [-0.2, 0) is 11.2 Å². The van der Waals surface area contributed by atoms with Gasteiger partial charge in [0.15, 0.2) is 0 Å². The first kappa shape index (κ1) is 15.8. The Morgan fingerprint density at radius 1 is 1.38 bits per heavy atom. The molecular formula is C17H26N2O2. The Morgan fingerprint density at radius 2 is 2.19 bits per heavy atom. The van der Waals surface area contributed by atoms with E-state index in [1.807, 2.05) is 12.1 Å². The van der Waals surface area contributed by atoms with E-state index >= 15 is 0 Å². The Hall–Kier alpha value is -1.55. The van der Waals surface area contributed by atoms with Gasteiger partial charge in [-0.25, -0.2) is 0 Å². The number of hydrogen-bond donors (Lipinski definition) is 2. The molecule has 1 aromatic carbocycles. The molecule has 0 bridgehead atoms. The van der Waals surface area contributed by atoms with Crippen molar-refractivity contribution in [2.45, 2.75) is 32.1 Å². The molecule has 1 atom stereocenters. The molecule has 0 radical (unpaired) electrons. The quantitative estimate of drug-likeness (QED) is 0.809. The van der Waals surface area contributed by atoms with E-state index in [4.69, 9.17) is 4.74 Å². The topological polar surface area (TPSA) is 50.4 Å². The normalized spacial score (nSPS) is 18.2. The Balaban J connectivity index is 1.59. The first-order chi connectivity index (χ1) is 10.3. The number of hydrogen-bond acceptors (Lipinski definition) is 3. The van der Waals surface area contributed by atoms with E-state index in [0.29, 0.717) is 12.3 Å². The van der Waals surface area contributed by atoms with Gasteiger partial charge in [0.1, 0.15) is 5.75 Å². The fourth-order valence-corrected chi connectivity index (χ4v) is 2.69. The summed E-state index contributed by atoms with van der Waals surface area (Å²) in [7, 11) is 1.67. The van der Waals surface area contributed by atoms with E-state index in [2.05, 4.69) is 22.8 Å². The molecule has 1 unspecified atom stereocenters. The van der Waals surface area contributed by atoms with Gasteiger partial charge in [-0.05, 0) is 62.4 Å². The second-order valence-electron chi connectivity index (χ2n) is 5.72. The SMILES string of the molecule is COc1ccc(CCCC(=O)NCC2CCCNC2)cc1. The Kier molecular flexibility index (Phi) is 6.54. The fraction of sp³-hybridized carbons (Fsp3) is 0.588. The van der Waals surface area contributed by atoms with Gasteiger partial charge in [0.2, 0.25) is 5.91 Å². The van der Waals surface area contributed by atoms with Crippen LogP contribution in [0, 0.1) is 5.92 Å². The van der Waals surface area contributed by atoms with Gasteiger partial charge in [0.25, 0.3) is 0 Å². The molecule has 1 saturated heterocycles. The summed E-state index contributed by atoms with van der Waals surface area (Å²) in [6.45, 7) is 2.97. The number of carbonyl (C=O) groups is 1. The molecule has 116 valence electrons. The van der Waals surface area contributed by atoms with Gasteiger partial charge in [-0.15, -0.1) is 0 Å². The van der Waals surface area contributed by atoms with Crippen LogP contribution in [0.1, 0.15) is 31.2 Å². The highest BCUT2D eigenvalue weighted by Crippen LogP contribution is 2.13. The van der Waals surface area contributed by atoms with Crippen molar-refractivity contribution in [3.05, 3.63) is 29.8 Å². The van der Waals surface area contributed by atoms with Gasteiger partial charge >= 0.3 is 0 Å². The minimum Gasteiger partial charge on any atom is -0.497 e. The number of rotatable bonds is 7. The zero-order valence-electron chi connectivity index (χ0n) is 12.9. The average molecular weight is 290 g/mol. The fourth-order valence-electron chi connectivity index (χ4n) is 2.69. The third-order valence-electron chi connectivity index (χ3n) is 4.02. The number of benzene rings is 1. The molecule has 0 aliphatic carbocycles. The molecule has 4 heteroatoms. The maximum Gasteiger partial charge on any atom is 0.220 e. The summed E-state index contributed by atoms with van der Waals surface area (Å²) < 4.78 is 5.13. The number of methoxy groups -OCH3 is 1. The van der Waals surface area contributed by atoms with Gasteiger partial charge in [0, 0.05) is 13.0 Å². The number of nitrogens with one attached hydrogen (secondary N) is 2. The third kappa shape index (κ3) is 5.76. The lowest BCUT2D eigenvalue weighted by Gasteiger charge is -2.22. The van der Waals surface area contributed by atoms with E-state index in [9.17, 15) is 4.79 Å². The maximum absolute atomic E-state index is 11.8. The zero-order chi connectivity index (χ0) is 14.9. The Bertz CT molecular complexity index is 425. The van der Waals surface area contributed by atoms with Crippen molar-refractivity contribution in [2.24, 2.45) is 5.92 Å². The number of aryl methyl sites for hydroxylation is 1. The minimum atomic E-state index is 0.175. The summed E-state index contributed by atoms with van der Waals surface area (Å²) in [4.78, 5) is 11.8. The maximum atomic E-state index is 11.8. The van der Waals surface area contributed by atoms with E-state index in [1.54, 1.807) is 7.11 Å². The highest BCUT2D eigenvalue weighted by molar-refractivity contribution is 5.75. The predicted molar refractivity (Wildman–Crippen MR) is 84.5 cm³/mol. The lowest BCUT2D eigenvalue weighted by molar-refractivity contribution is -0.121. The molecular weight excluding hydrogens is 264 g/mol. The van der Waals surface area contributed by atoms with Crippen LogP contribution in [-0.4, -0.2) is 32.7 Å². The van der Waals surface area contributed by atoms with Gasteiger partial charge in [-0.1, -0.05) is 12.1 Å². The monoisotopic (exact) mass is 290 g/mol. The van der Waals surface area contributed by atoms with Crippen LogP contribution in [0.15, 0.2) is 24.3 Å². The van der Waals surface area contributed by atoms with Crippen molar-refractivity contribution in [1.82, 2.24) is 10.6 Å². The molecule has 1 aliphatic heterocycles. The van der Waals surface area contributed by atoms with Crippen LogP contribution in [0.4, 0.5) is 0 Å². The highest BCUT2D eigenvalue weighted by Gasteiger charge is 2.13. The molecule has 0 aromatic heterocycles. The van der Waals surface area contributed by atoms with E-state index in [-0.39, 0.29) is 5.91 Å². The lowest BCUT2D eigenvalue weighted by Crippen LogP contribution is -2.38. The van der Waals surface area contributed by atoms with Crippen molar-refractivity contribution in [3.63, 3.8) is 0 Å². The van der Waals surface area contributed by atoms with Crippen molar-refractivity contribution < 1.29 is 9.53 Å². The smallest absolute Gasteiger partial charge is 0.220 e. The number of ether oxygens (including phenoxy) is 1. The summed E-state index contributed by atoms with van der Waals surface area (Å²) in [5.74, 6) is 1.65. The van der Waals surface area contributed by atoms with Gasteiger partial charge in [-0.3, -0.25) is 4.79 Å². The molecule has 2 rings (SSSR count). The molecule has 21 heavy (non-hydrogen) atoms. The molecule has 1 heterocycles. The second-order valence-corrected chi connectivity index (χ2v) is 5.72. The summed E-state index contributed by atoms with van der Waals surface area (Å²) in [6, 6.07) is 8.05. The minimum absolute atomic E-state index is 0.175. The van der Waals surface area contributed by atoms with Gasteiger partial charge in [0.05, 0.1) is 7.11 Å². The predicted octanol–water partition coefficient (Wildman–Crippen LogP) is 2.13. The second kappa shape index (κ2) is 8.67. The van der Waals surface area contributed by atoms with E-state index < -0.39 is 0 Å². The molecule has 0 saturated carbocycles. The third-order valence-corrected chi connectivity index (χ3v) is 4.02. The molecule has 1 aromatic rings. The van der Waals surface area contributed by atoms with Crippen molar-refractivity contribution in [2.75, 3.05) is 26.7 Å². The number of piperidine rings is 1. The first-order valence-corrected chi connectivity index (χ1v) is 7.88. The van der Waals surface area contributed by atoms with Crippen LogP contribution in [0.2, 0.25) is 0 Å². The van der Waals surface area contributed by atoms with Gasteiger partial charge < -0.3 is 15.4 Å². The van der Waals surface area contributed by atoms with E-state index in [1.165, 1.54) is 18.4 Å². The summed E-state index contributed by atoms with van der Waals surface area (Å²) >= 11 is 0. The lowest BCUT2D eigenvalue weighted by atomic mass is 10.00. The molecule has 1 fully saturated rings. The van der Waals surface area contributed by atoms with Crippen molar-refractivity contribution in [1.29, 1.82) is 0 Å². The molecule has 1 amide bonds. The van der Waals surface area contributed by atoms with Crippen LogP contribution < -0.4 is 15.4 Å². The standard InChI is InChI=1S/C17H26N2O2/c1-21-16-9-7-14(8-10-16)4-2-6-17(20)19-13-15-5-3-11-18-12-15/h7-10,15,18H,2-6,11-13H2,1H3,(H,19,20). The number of carbonyl (C=O) groups excluding carboxylic acids is 1. The zero-order valence-corrected chi connectivity index (χ0v) is 12.9. The van der Waals surface area contributed by atoms with Crippen LogP contribution in [0.25, 0.3) is 0 Å². The van der Waals surface area contributed by atoms with Crippen LogP contribution in [0.5, 0.6) is 5.75 Å². The highest BCUT2D eigenvalue weighted by atomic mass is 16.5. The molecule has 0 spiro atoms. The van der Waals surface area contributed by atoms with Crippen molar-refractivity contribution in [3.8, 4) is 5.75 Å². The first-order valence-electron chi connectivity index (χ1n) is 7.88. The summed E-state index contributed by atoms with van der Waals surface area (Å²) in [6.07, 6.45) is 4.87. The van der Waals surface area contributed by atoms with Crippen LogP contribution >= 0.6 is 0 Å². The van der Waals surface area contributed by atoms with Gasteiger partial charge in [-0.2, -0.15) is 0 Å². The molecule has 2 N–H and O–H groups in total. The molecule has 4 nitrogen and oxygen atoms in total.